The second kappa shape index (κ2) is 7.74. The molecule has 0 amide bonds. The van der Waals surface area contributed by atoms with E-state index >= 15 is 0 Å². The highest BCUT2D eigenvalue weighted by Gasteiger charge is 2.32. The Kier molecular flexibility index (Phi) is 5.57. The molecule has 1 aromatic heterocycles. The molecule has 0 saturated carbocycles. The van der Waals surface area contributed by atoms with Gasteiger partial charge in [-0.2, -0.15) is 5.26 Å². The van der Waals surface area contributed by atoms with Crippen molar-refractivity contribution in [2.75, 3.05) is 14.2 Å². The van der Waals surface area contributed by atoms with Gasteiger partial charge in [0.15, 0.2) is 11.5 Å². The van der Waals surface area contributed by atoms with Gasteiger partial charge in [-0.15, -0.1) is 11.3 Å². The summed E-state index contributed by atoms with van der Waals surface area (Å²) in [5.74, 6) is 2.01. The molecule has 2 aromatic rings. The molecule has 1 heterocycles. The van der Waals surface area contributed by atoms with E-state index in [9.17, 15) is 5.26 Å². The van der Waals surface area contributed by atoms with E-state index in [-0.39, 0.29) is 5.41 Å². The molecule has 0 N–H and O–H groups in total. The highest BCUT2D eigenvalue weighted by molar-refractivity contribution is 7.16. The van der Waals surface area contributed by atoms with E-state index in [1.165, 1.54) is 10.4 Å². The van der Waals surface area contributed by atoms with Gasteiger partial charge >= 0.3 is 0 Å². The molecule has 0 aliphatic heterocycles. The van der Waals surface area contributed by atoms with Crippen LogP contribution in [0.25, 0.3) is 0 Å². The van der Waals surface area contributed by atoms with Crippen LogP contribution in [-0.4, -0.2) is 20.4 Å². The zero-order valence-electron chi connectivity index (χ0n) is 16.6. The van der Waals surface area contributed by atoms with Gasteiger partial charge in [-0.1, -0.05) is 20.8 Å². The summed E-state index contributed by atoms with van der Waals surface area (Å²) < 4.78 is 10.6. The Labute approximate surface area is 165 Å². The average molecular weight is 383 g/mol. The van der Waals surface area contributed by atoms with Crippen LogP contribution in [0.1, 0.15) is 48.8 Å². The minimum absolute atomic E-state index is 0.289. The van der Waals surface area contributed by atoms with Crippen LogP contribution in [0.15, 0.2) is 23.2 Å². The van der Waals surface area contributed by atoms with Gasteiger partial charge in [0.25, 0.3) is 0 Å². The maximum Gasteiger partial charge on any atom is 0.161 e. The molecule has 0 radical (unpaired) electrons. The molecule has 0 bridgehead atoms. The Morgan fingerprint density at radius 1 is 1.22 bits per heavy atom. The largest absolute Gasteiger partial charge is 0.493 e. The van der Waals surface area contributed by atoms with Crippen molar-refractivity contribution in [2.45, 2.75) is 40.0 Å². The molecule has 1 aliphatic rings. The normalized spacial score (nSPS) is 16.8. The fourth-order valence-corrected chi connectivity index (χ4v) is 4.80. The zero-order chi connectivity index (χ0) is 19.6. The van der Waals surface area contributed by atoms with Crippen LogP contribution in [0, 0.1) is 22.7 Å². The standard InChI is InChI=1S/C22H26N2O2S/c1-22(2,3)15-7-8-16-17(12-23)21(27-20(16)11-15)24-13-14-6-9-18(25-4)19(10-14)26-5/h6,9-10,13,15H,7-8,11H2,1-5H3/b24-13+. The molecular formula is C22H26N2O2S. The third-order valence-electron chi connectivity index (χ3n) is 5.32. The number of nitrogens with zero attached hydrogens (tertiary/aromatic N) is 2. The quantitative estimate of drug-likeness (QED) is 0.653. The van der Waals surface area contributed by atoms with E-state index in [2.05, 4.69) is 31.8 Å². The number of nitriles is 1. The molecule has 0 fully saturated rings. The topological polar surface area (TPSA) is 54.6 Å². The first-order chi connectivity index (χ1) is 12.9. The van der Waals surface area contributed by atoms with E-state index in [1.54, 1.807) is 31.8 Å². The second-order valence-corrected chi connectivity index (χ2v) is 9.06. The van der Waals surface area contributed by atoms with Crippen molar-refractivity contribution in [1.29, 1.82) is 5.26 Å². The van der Waals surface area contributed by atoms with E-state index in [0.717, 1.165) is 35.4 Å². The molecular weight excluding hydrogens is 356 g/mol. The van der Waals surface area contributed by atoms with Crippen LogP contribution in [0.2, 0.25) is 0 Å². The first-order valence-electron chi connectivity index (χ1n) is 9.18. The minimum atomic E-state index is 0.289. The summed E-state index contributed by atoms with van der Waals surface area (Å²) in [4.78, 5) is 5.98. The van der Waals surface area contributed by atoms with Gasteiger partial charge in [-0.25, -0.2) is 4.99 Å². The lowest BCUT2D eigenvalue weighted by Gasteiger charge is -2.33. The van der Waals surface area contributed by atoms with E-state index < -0.39 is 0 Å². The average Bonchev–Trinajstić information content (AvgIpc) is 3.01. The monoisotopic (exact) mass is 382 g/mol. The summed E-state index contributed by atoms with van der Waals surface area (Å²) in [6, 6.07) is 8.06. The summed E-state index contributed by atoms with van der Waals surface area (Å²) in [5, 5.41) is 10.5. The van der Waals surface area contributed by atoms with Gasteiger partial charge in [0, 0.05) is 11.1 Å². The van der Waals surface area contributed by atoms with Crippen LogP contribution in [0.4, 0.5) is 5.00 Å². The maximum absolute atomic E-state index is 9.68. The smallest absolute Gasteiger partial charge is 0.161 e. The number of benzene rings is 1. The fourth-order valence-electron chi connectivity index (χ4n) is 3.58. The van der Waals surface area contributed by atoms with E-state index in [0.29, 0.717) is 17.4 Å². The van der Waals surface area contributed by atoms with Gasteiger partial charge in [0.2, 0.25) is 0 Å². The molecule has 3 rings (SSSR count). The molecule has 1 unspecified atom stereocenters. The predicted molar refractivity (Wildman–Crippen MR) is 111 cm³/mol. The fraction of sp³-hybridized carbons (Fsp3) is 0.455. The van der Waals surface area contributed by atoms with Crippen molar-refractivity contribution in [1.82, 2.24) is 0 Å². The number of ether oxygens (including phenoxy) is 2. The lowest BCUT2D eigenvalue weighted by Crippen LogP contribution is -2.26. The van der Waals surface area contributed by atoms with Crippen molar-refractivity contribution in [3.8, 4) is 17.6 Å². The number of fused-ring (bicyclic) bond motifs is 1. The van der Waals surface area contributed by atoms with Crippen molar-refractivity contribution < 1.29 is 9.47 Å². The van der Waals surface area contributed by atoms with Crippen LogP contribution in [-0.2, 0) is 12.8 Å². The SMILES string of the molecule is COc1ccc(/C=N/c2sc3c(c2C#N)CCC(C(C)(C)C)C3)cc1OC. The molecule has 142 valence electrons. The highest BCUT2D eigenvalue weighted by atomic mass is 32.1. The molecule has 5 heteroatoms. The van der Waals surface area contributed by atoms with Crippen molar-refractivity contribution >= 4 is 22.6 Å². The summed E-state index contributed by atoms with van der Waals surface area (Å²) in [6.07, 6.45) is 4.95. The van der Waals surface area contributed by atoms with Gasteiger partial charge in [-0.3, -0.25) is 0 Å². The van der Waals surface area contributed by atoms with Gasteiger partial charge in [-0.05, 0) is 59.9 Å². The maximum atomic E-state index is 9.68. The summed E-state index contributed by atoms with van der Waals surface area (Å²) >= 11 is 1.67. The Hall–Kier alpha value is -2.32. The highest BCUT2D eigenvalue weighted by Crippen LogP contribution is 2.44. The number of rotatable bonds is 4. The van der Waals surface area contributed by atoms with Crippen LogP contribution < -0.4 is 9.47 Å². The number of aliphatic imine (C=N–C) groups is 1. The summed E-state index contributed by atoms with van der Waals surface area (Å²) in [5.41, 5.74) is 3.16. The number of methoxy groups -OCH3 is 2. The Bertz CT molecular complexity index is 900. The van der Waals surface area contributed by atoms with Crippen LogP contribution >= 0.6 is 11.3 Å². The molecule has 0 spiro atoms. The molecule has 1 aliphatic carbocycles. The van der Waals surface area contributed by atoms with E-state index in [1.807, 2.05) is 18.2 Å². The zero-order valence-corrected chi connectivity index (χ0v) is 17.4. The van der Waals surface area contributed by atoms with Gasteiger partial charge < -0.3 is 9.47 Å². The van der Waals surface area contributed by atoms with Gasteiger partial charge in [0.05, 0.1) is 19.8 Å². The number of hydrogen-bond acceptors (Lipinski definition) is 5. The predicted octanol–water partition coefficient (Wildman–Crippen LogP) is 5.54. The number of hydrogen-bond donors (Lipinski definition) is 0. The Morgan fingerprint density at radius 3 is 2.59 bits per heavy atom. The van der Waals surface area contributed by atoms with Crippen LogP contribution in [0.3, 0.4) is 0 Å². The van der Waals surface area contributed by atoms with Crippen molar-refractivity contribution in [3.05, 3.63) is 39.8 Å². The summed E-state index contributed by atoms with van der Waals surface area (Å²) in [7, 11) is 3.23. The van der Waals surface area contributed by atoms with E-state index in [4.69, 9.17) is 9.47 Å². The Balaban J connectivity index is 1.89. The lowest BCUT2D eigenvalue weighted by atomic mass is 9.72. The first-order valence-corrected chi connectivity index (χ1v) is 9.99. The Morgan fingerprint density at radius 2 is 1.96 bits per heavy atom. The van der Waals surface area contributed by atoms with Crippen molar-refractivity contribution in [2.24, 2.45) is 16.3 Å². The third-order valence-corrected chi connectivity index (χ3v) is 6.48. The van der Waals surface area contributed by atoms with Crippen LogP contribution in [0.5, 0.6) is 11.5 Å². The minimum Gasteiger partial charge on any atom is -0.493 e. The third kappa shape index (κ3) is 4.01. The first kappa shape index (κ1) is 19.4. The van der Waals surface area contributed by atoms with Crippen molar-refractivity contribution in [3.63, 3.8) is 0 Å². The lowest BCUT2D eigenvalue weighted by molar-refractivity contribution is 0.218. The molecule has 0 saturated heterocycles. The second-order valence-electron chi connectivity index (χ2n) is 7.97. The summed E-state index contributed by atoms with van der Waals surface area (Å²) in [6.45, 7) is 6.91. The molecule has 1 aromatic carbocycles. The number of thiophene rings is 1. The molecule has 27 heavy (non-hydrogen) atoms. The molecule has 1 atom stereocenters. The van der Waals surface area contributed by atoms with Gasteiger partial charge in [0.1, 0.15) is 11.1 Å². The molecule has 4 nitrogen and oxygen atoms in total.